The number of rotatable bonds is 6. The van der Waals surface area contributed by atoms with Crippen LogP contribution in [-0.4, -0.2) is 27.4 Å². The Morgan fingerprint density at radius 3 is 2.39 bits per heavy atom. The molecule has 0 saturated carbocycles. The summed E-state index contributed by atoms with van der Waals surface area (Å²) >= 11 is 1.39. The third-order valence-corrected chi connectivity index (χ3v) is 8.10. The summed E-state index contributed by atoms with van der Waals surface area (Å²) in [5.74, 6) is -0.995. The number of carbonyl (C=O) groups is 2. The highest BCUT2D eigenvalue weighted by Crippen LogP contribution is 2.38. The van der Waals surface area contributed by atoms with E-state index in [1.54, 1.807) is 30.3 Å². The van der Waals surface area contributed by atoms with E-state index in [1.165, 1.54) is 42.7 Å². The van der Waals surface area contributed by atoms with E-state index in [4.69, 9.17) is 4.74 Å². The number of hydrogen-bond acceptors (Lipinski definition) is 6. The van der Waals surface area contributed by atoms with Crippen LogP contribution in [0.2, 0.25) is 0 Å². The molecule has 33 heavy (non-hydrogen) atoms. The van der Waals surface area contributed by atoms with Crippen LogP contribution in [0, 0.1) is 0 Å². The van der Waals surface area contributed by atoms with Gasteiger partial charge in [-0.05, 0) is 55.5 Å². The second kappa shape index (κ2) is 9.76. The Hall–Kier alpha value is -3.17. The van der Waals surface area contributed by atoms with Crippen molar-refractivity contribution in [1.82, 2.24) is 0 Å². The summed E-state index contributed by atoms with van der Waals surface area (Å²) in [6.45, 7) is 0. The third kappa shape index (κ3) is 4.94. The zero-order chi connectivity index (χ0) is 23.4. The summed E-state index contributed by atoms with van der Waals surface area (Å²) in [5.41, 5.74) is 1.64. The van der Waals surface area contributed by atoms with E-state index < -0.39 is 21.9 Å². The normalized spacial score (nSPS) is 13.5. The number of hydrogen-bond donors (Lipinski definition) is 2. The first-order valence-corrected chi connectivity index (χ1v) is 12.9. The second-order valence-electron chi connectivity index (χ2n) is 7.68. The number of fused-ring (bicyclic) bond motifs is 1. The van der Waals surface area contributed by atoms with Crippen molar-refractivity contribution in [2.75, 3.05) is 17.1 Å². The molecule has 0 saturated heterocycles. The molecular formula is C24H24N2O5S2. The molecule has 0 atom stereocenters. The Balaban J connectivity index is 1.65. The van der Waals surface area contributed by atoms with Gasteiger partial charge in [-0.2, -0.15) is 0 Å². The van der Waals surface area contributed by atoms with Crippen LogP contribution < -0.4 is 10.0 Å². The predicted octanol–water partition coefficient (Wildman–Crippen LogP) is 4.86. The summed E-state index contributed by atoms with van der Waals surface area (Å²) < 4.78 is 33.1. The van der Waals surface area contributed by atoms with Gasteiger partial charge in [-0.3, -0.25) is 9.52 Å². The average Bonchev–Trinajstić information content (AvgIpc) is 2.99. The fourth-order valence-electron chi connectivity index (χ4n) is 3.89. The molecule has 7 nitrogen and oxygen atoms in total. The number of para-hydroxylation sites is 1. The van der Waals surface area contributed by atoms with Crippen LogP contribution in [0.4, 0.5) is 10.7 Å². The van der Waals surface area contributed by atoms with E-state index in [9.17, 15) is 18.0 Å². The summed E-state index contributed by atoms with van der Waals surface area (Å²) in [6, 6.07) is 14.3. The number of amides is 1. The molecule has 2 aromatic carbocycles. The van der Waals surface area contributed by atoms with Crippen LogP contribution in [0.5, 0.6) is 0 Å². The lowest BCUT2D eigenvalue weighted by atomic mass is 10.1. The SMILES string of the molecule is COC(=O)c1c(NC(=O)c2ccccc2NS(=O)(=O)c2ccccc2)sc2c1CCCCC2. The van der Waals surface area contributed by atoms with E-state index in [1.807, 2.05) is 0 Å². The highest BCUT2D eigenvalue weighted by molar-refractivity contribution is 7.92. The maximum absolute atomic E-state index is 13.2. The Bertz CT molecular complexity index is 1280. The standard InChI is InChI=1S/C24H24N2O5S2/c1-31-24(28)21-18-13-6-3-7-15-20(18)32-23(21)25-22(27)17-12-8-9-14-19(17)26-33(29,30)16-10-4-2-5-11-16/h2,4-5,8-12,14,26H,3,6-7,13,15H2,1H3,(H,25,27). The fourth-order valence-corrected chi connectivity index (χ4v) is 6.27. The maximum atomic E-state index is 13.2. The molecular weight excluding hydrogens is 460 g/mol. The van der Waals surface area contributed by atoms with Gasteiger partial charge in [-0.15, -0.1) is 11.3 Å². The number of thiophene rings is 1. The molecule has 0 radical (unpaired) electrons. The molecule has 2 N–H and O–H groups in total. The number of benzene rings is 2. The zero-order valence-electron chi connectivity index (χ0n) is 18.1. The van der Waals surface area contributed by atoms with Crippen LogP contribution in [0.3, 0.4) is 0 Å². The second-order valence-corrected chi connectivity index (χ2v) is 10.5. The summed E-state index contributed by atoms with van der Waals surface area (Å²) in [5, 5.41) is 3.26. The molecule has 9 heteroatoms. The summed E-state index contributed by atoms with van der Waals surface area (Å²) in [6.07, 6.45) is 4.72. The van der Waals surface area contributed by atoms with E-state index in [2.05, 4.69) is 10.0 Å². The molecule has 0 spiro atoms. The Morgan fingerprint density at radius 1 is 0.939 bits per heavy atom. The van der Waals surface area contributed by atoms with Gasteiger partial charge in [0.1, 0.15) is 5.00 Å². The van der Waals surface area contributed by atoms with Gasteiger partial charge in [0.25, 0.3) is 15.9 Å². The fraction of sp³-hybridized carbons (Fsp3) is 0.250. The van der Waals surface area contributed by atoms with Gasteiger partial charge in [0.2, 0.25) is 0 Å². The Labute approximate surface area is 196 Å². The molecule has 0 aliphatic heterocycles. The lowest BCUT2D eigenvalue weighted by Gasteiger charge is -2.13. The number of nitrogens with one attached hydrogen (secondary N) is 2. The average molecular weight is 485 g/mol. The van der Waals surface area contributed by atoms with Gasteiger partial charge in [0.15, 0.2) is 0 Å². The Morgan fingerprint density at radius 2 is 1.64 bits per heavy atom. The van der Waals surface area contributed by atoms with Gasteiger partial charge in [0.05, 0.1) is 28.8 Å². The lowest BCUT2D eigenvalue weighted by molar-refractivity contribution is 0.0601. The number of carbonyl (C=O) groups excluding carboxylic acids is 2. The highest BCUT2D eigenvalue weighted by Gasteiger charge is 2.27. The lowest BCUT2D eigenvalue weighted by Crippen LogP contribution is -2.19. The number of aryl methyl sites for hydroxylation is 1. The first-order chi connectivity index (χ1) is 15.9. The Kier molecular flexibility index (Phi) is 6.80. The first kappa shape index (κ1) is 23.0. The zero-order valence-corrected chi connectivity index (χ0v) is 19.7. The van der Waals surface area contributed by atoms with Crippen molar-refractivity contribution in [2.45, 2.75) is 37.0 Å². The number of ether oxygens (including phenoxy) is 1. The van der Waals surface area contributed by atoms with Gasteiger partial charge < -0.3 is 10.1 Å². The van der Waals surface area contributed by atoms with Crippen molar-refractivity contribution >= 4 is 43.9 Å². The molecule has 1 amide bonds. The molecule has 3 aromatic rings. The van der Waals surface area contributed by atoms with Gasteiger partial charge in [-0.1, -0.05) is 36.8 Å². The van der Waals surface area contributed by atoms with Crippen molar-refractivity contribution < 1.29 is 22.7 Å². The van der Waals surface area contributed by atoms with Crippen molar-refractivity contribution in [3.05, 3.63) is 76.2 Å². The van der Waals surface area contributed by atoms with Gasteiger partial charge in [-0.25, -0.2) is 13.2 Å². The van der Waals surface area contributed by atoms with Crippen molar-refractivity contribution in [1.29, 1.82) is 0 Å². The maximum Gasteiger partial charge on any atom is 0.341 e. The van der Waals surface area contributed by atoms with Crippen LogP contribution in [0.1, 0.15) is 50.4 Å². The molecule has 0 bridgehead atoms. The quantitative estimate of drug-likeness (QED) is 0.384. The molecule has 4 rings (SSSR count). The minimum Gasteiger partial charge on any atom is -0.465 e. The van der Waals surface area contributed by atoms with Crippen LogP contribution in [0.15, 0.2) is 59.5 Å². The molecule has 0 fully saturated rings. The largest absolute Gasteiger partial charge is 0.465 e. The molecule has 1 aliphatic rings. The monoisotopic (exact) mass is 484 g/mol. The van der Waals surface area contributed by atoms with E-state index >= 15 is 0 Å². The van der Waals surface area contributed by atoms with E-state index in [-0.39, 0.29) is 16.1 Å². The smallest absolute Gasteiger partial charge is 0.341 e. The number of sulfonamides is 1. The van der Waals surface area contributed by atoms with E-state index in [0.717, 1.165) is 42.5 Å². The number of esters is 1. The highest BCUT2D eigenvalue weighted by atomic mass is 32.2. The van der Waals surface area contributed by atoms with Crippen molar-refractivity contribution in [3.8, 4) is 0 Å². The van der Waals surface area contributed by atoms with Crippen LogP contribution >= 0.6 is 11.3 Å². The predicted molar refractivity (Wildman–Crippen MR) is 129 cm³/mol. The first-order valence-electron chi connectivity index (χ1n) is 10.6. The van der Waals surface area contributed by atoms with Crippen LogP contribution in [0.25, 0.3) is 0 Å². The minimum absolute atomic E-state index is 0.0928. The molecule has 1 heterocycles. The summed E-state index contributed by atoms with van der Waals surface area (Å²) in [4.78, 5) is 26.9. The van der Waals surface area contributed by atoms with Crippen molar-refractivity contribution in [3.63, 3.8) is 0 Å². The molecule has 0 unspecified atom stereocenters. The van der Waals surface area contributed by atoms with Crippen LogP contribution in [-0.2, 0) is 27.6 Å². The van der Waals surface area contributed by atoms with Gasteiger partial charge >= 0.3 is 5.97 Å². The van der Waals surface area contributed by atoms with Gasteiger partial charge in [0, 0.05) is 4.88 Å². The van der Waals surface area contributed by atoms with E-state index in [0.29, 0.717) is 10.6 Å². The minimum atomic E-state index is -3.88. The van der Waals surface area contributed by atoms with Crippen molar-refractivity contribution in [2.24, 2.45) is 0 Å². The molecule has 1 aromatic heterocycles. The molecule has 1 aliphatic carbocycles. The molecule has 172 valence electrons. The summed E-state index contributed by atoms with van der Waals surface area (Å²) in [7, 11) is -2.55. The number of methoxy groups -OCH3 is 1. The third-order valence-electron chi connectivity index (χ3n) is 5.51. The number of anilines is 2. The topological polar surface area (TPSA) is 102 Å².